The molecular formula is C13H27NO. The molecule has 0 aliphatic heterocycles. The molecule has 1 unspecified atom stereocenters. The largest absolute Gasteiger partial charge is 0.396 e. The van der Waals surface area contributed by atoms with Gasteiger partial charge in [-0.05, 0) is 33.6 Å². The van der Waals surface area contributed by atoms with Crippen molar-refractivity contribution in [1.29, 1.82) is 0 Å². The number of aliphatic hydroxyl groups excluding tert-OH is 1. The van der Waals surface area contributed by atoms with Gasteiger partial charge in [-0.15, -0.1) is 0 Å². The summed E-state index contributed by atoms with van der Waals surface area (Å²) in [4.78, 5) is 0. The normalized spacial score (nSPS) is 13.7. The van der Waals surface area contributed by atoms with Crippen molar-refractivity contribution in [2.75, 3.05) is 13.2 Å². The molecule has 0 aliphatic rings. The molecule has 0 heterocycles. The molecule has 90 valence electrons. The van der Waals surface area contributed by atoms with E-state index < -0.39 is 0 Å². The highest BCUT2D eigenvalue weighted by atomic mass is 16.3. The van der Waals surface area contributed by atoms with E-state index in [1.165, 1.54) is 5.57 Å². The Morgan fingerprint density at radius 2 is 2.00 bits per heavy atom. The lowest BCUT2D eigenvalue weighted by Crippen LogP contribution is -2.37. The average molecular weight is 213 g/mol. The number of rotatable bonds is 7. The van der Waals surface area contributed by atoms with Crippen LogP contribution in [0.5, 0.6) is 0 Å². The van der Waals surface area contributed by atoms with Gasteiger partial charge in [-0.25, -0.2) is 0 Å². The fraction of sp³-hybridized carbons (Fsp3) is 0.846. The first-order chi connectivity index (χ1) is 6.87. The van der Waals surface area contributed by atoms with E-state index in [1.54, 1.807) is 0 Å². The monoisotopic (exact) mass is 213 g/mol. The molecule has 0 saturated carbocycles. The van der Waals surface area contributed by atoms with Crippen LogP contribution in [0.2, 0.25) is 0 Å². The summed E-state index contributed by atoms with van der Waals surface area (Å²) >= 11 is 0. The van der Waals surface area contributed by atoms with E-state index in [-0.39, 0.29) is 12.0 Å². The van der Waals surface area contributed by atoms with Crippen molar-refractivity contribution in [3.8, 4) is 0 Å². The van der Waals surface area contributed by atoms with E-state index in [0.717, 1.165) is 19.4 Å². The lowest BCUT2D eigenvalue weighted by Gasteiger charge is -2.24. The summed E-state index contributed by atoms with van der Waals surface area (Å²) in [5.74, 6) is 0. The highest BCUT2D eigenvalue weighted by Crippen LogP contribution is 2.12. The minimum atomic E-state index is -0.00915. The first kappa shape index (κ1) is 14.7. The third kappa shape index (κ3) is 8.64. The van der Waals surface area contributed by atoms with Gasteiger partial charge < -0.3 is 10.4 Å². The summed E-state index contributed by atoms with van der Waals surface area (Å²) in [5, 5.41) is 12.6. The Morgan fingerprint density at radius 1 is 1.40 bits per heavy atom. The van der Waals surface area contributed by atoms with Crippen LogP contribution < -0.4 is 5.32 Å². The van der Waals surface area contributed by atoms with Gasteiger partial charge in [0.2, 0.25) is 0 Å². The van der Waals surface area contributed by atoms with Crippen LogP contribution in [0.15, 0.2) is 11.6 Å². The zero-order chi connectivity index (χ0) is 11.9. The summed E-state index contributed by atoms with van der Waals surface area (Å²) in [7, 11) is 0. The summed E-state index contributed by atoms with van der Waals surface area (Å²) in [6, 6.07) is 0.520. The second kappa shape index (κ2) is 7.02. The Hall–Kier alpha value is -0.340. The molecule has 2 nitrogen and oxygen atoms in total. The second-order valence-electron chi connectivity index (χ2n) is 5.46. The fourth-order valence-electron chi connectivity index (χ4n) is 1.23. The molecule has 0 aromatic heterocycles. The number of hydrogen-bond acceptors (Lipinski definition) is 2. The zero-order valence-electron chi connectivity index (χ0n) is 10.9. The van der Waals surface area contributed by atoms with Crippen LogP contribution in [0.1, 0.15) is 47.5 Å². The SMILES string of the molecule is CC(C)=CCCC(C)NCC(C)(C)CO. The molecule has 0 rings (SSSR count). The van der Waals surface area contributed by atoms with Crippen LogP contribution >= 0.6 is 0 Å². The Bertz CT molecular complexity index is 193. The minimum absolute atomic E-state index is 0.00915. The number of nitrogens with one attached hydrogen (secondary N) is 1. The van der Waals surface area contributed by atoms with E-state index in [9.17, 15) is 0 Å². The molecule has 0 spiro atoms. The predicted molar refractivity (Wildman–Crippen MR) is 67.0 cm³/mol. The molecule has 0 amide bonds. The Balaban J connectivity index is 3.66. The first-order valence-electron chi connectivity index (χ1n) is 5.85. The summed E-state index contributed by atoms with van der Waals surface area (Å²) in [6.45, 7) is 11.7. The second-order valence-corrected chi connectivity index (χ2v) is 5.46. The standard InChI is InChI=1S/C13H27NO/c1-11(2)7-6-8-12(3)14-9-13(4,5)10-15/h7,12,14-15H,6,8-10H2,1-5H3. The number of allylic oxidation sites excluding steroid dienone is 2. The quantitative estimate of drug-likeness (QED) is 0.637. The molecular weight excluding hydrogens is 186 g/mol. The van der Waals surface area contributed by atoms with Crippen molar-refractivity contribution < 1.29 is 5.11 Å². The van der Waals surface area contributed by atoms with Gasteiger partial charge in [-0.2, -0.15) is 0 Å². The number of aliphatic hydroxyl groups is 1. The lowest BCUT2D eigenvalue weighted by atomic mass is 9.94. The molecule has 0 radical (unpaired) electrons. The molecule has 1 atom stereocenters. The van der Waals surface area contributed by atoms with Gasteiger partial charge >= 0.3 is 0 Å². The van der Waals surface area contributed by atoms with E-state index in [1.807, 2.05) is 0 Å². The van der Waals surface area contributed by atoms with Crippen LogP contribution in [0, 0.1) is 5.41 Å². The highest BCUT2D eigenvalue weighted by Gasteiger charge is 2.16. The predicted octanol–water partition coefficient (Wildman–Crippen LogP) is 2.73. The number of hydrogen-bond donors (Lipinski definition) is 2. The lowest BCUT2D eigenvalue weighted by molar-refractivity contribution is 0.153. The van der Waals surface area contributed by atoms with E-state index >= 15 is 0 Å². The minimum Gasteiger partial charge on any atom is -0.396 e. The van der Waals surface area contributed by atoms with Crippen molar-refractivity contribution in [1.82, 2.24) is 5.32 Å². The maximum atomic E-state index is 9.11. The van der Waals surface area contributed by atoms with Gasteiger partial charge in [0.25, 0.3) is 0 Å². The topological polar surface area (TPSA) is 32.3 Å². The first-order valence-corrected chi connectivity index (χ1v) is 5.85. The molecule has 2 heteroatoms. The van der Waals surface area contributed by atoms with Crippen LogP contribution in [0.4, 0.5) is 0 Å². The zero-order valence-corrected chi connectivity index (χ0v) is 10.9. The van der Waals surface area contributed by atoms with E-state index in [4.69, 9.17) is 5.11 Å². The van der Waals surface area contributed by atoms with Gasteiger partial charge in [0.1, 0.15) is 0 Å². The summed E-state index contributed by atoms with van der Waals surface area (Å²) in [5.41, 5.74) is 1.38. The molecule has 15 heavy (non-hydrogen) atoms. The average Bonchev–Trinajstić information content (AvgIpc) is 2.14. The maximum Gasteiger partial charge on any atom is 0.0494 e. The van der Waals surface area contributed by atoms with Gasteiger partial charge in [0, 0.05) is 24.6 Å². The van der Waals surface area contributed by atoms with Crippen LogP contribution in [0.25, 0.3) is 0 Å². The van der Waals surface area contributed by atoms with Crippen molar-refractivity contribution >= 4 is 0 Å². The van der Waals surface area contributed by atoms with Crippen LogP contribution in [-0.4, -0.2) is 24.3 Å². The van der Waals surface area contributed by atoms with Crippen molar-refractivity contribution in [2.24, 2.45) is 5.41 Å². The molecule has 0 aliphatic carbocycles. The highest BCUT2D eigenvalue weighted by molar-refractivity contribution is 4.93. The Kier molecular flexibility index (Phi) is 6.86. The van der Waals surface area contributed by atoms with E-state index in [2.05, 4.69) is 46.0 Å². The molecule has 0 aromatic carbocycles. The van der Waals surface area contributed by atoms with Gasteiger partial charge in [0.05, 0.1) is 0 Å². The molecule has 0 saturated heterocycles. The summed E-state index contributed by atoms with van der Waals surface area (Å²) in [6.07, 6.45) is 4.57. The van der Waals surface area contributed by atoms with Crippen LogP contribution in [0.3, 0.4) is 0 Å². The molecule has 0 fully saturated rings. The van der Waals surface area contributed by atoms with E-state index in [0.29, 0.717) is 6.04 Å². The fourth-order valence-corrected chi connectivity index (χ4v) is 1.23. The molecule has 0 bridgehead atoms. The maximum absolute atomic E-state index is 9.11. The third-order valence-electron chi connectivity index (χ3n) is 2.51. The van der Waals surface area contributed by atoms with Gasteiger partial charge in [-0.1, -0.05) is 25.5 Å². The summed E-state index contributed by atoms with van der Waals surface area (Å²) < 4.78 is 0. The molecule has 0 aromatic rings. The molecule has 2 N–H and O–H groups in total. The van der Waals surface area contributed by atoms with Crippen molar-refractivity contribution in [3.05, 3.63) is 11.6 Å². The van der Waals surface area contributed by atoms with Crippen molar-refractivity contribution in [2.45, 2.75) is 53.5 Å². The Labute approximate surface area is 94.8 Å². The van der Waals surface area contributed by atoms with Gasteiger partial charge in [-0.3, -0.25) is 0 Å². The third-order valence-corrected chi connectivity index (χ3v) is 2.51. The smallest absolute Gasteiger partial charge is 0.0494 e. The van der Waals surface area contributed by atoms with Gasteiger partial charge in [0.15, 0.2) is 0 Å². The Morgan fingerprint density at radius 3 is 2.47 bits per heavy atom. The van der Waals surface area contributed by atoms with Crippen LogP contribution in [-0.2, 0) is 0 Å². The van der Waals surface area contributed by atoms with Crippen molar-refractivity contribution in [3.63, 3.8) is 0 Å².